The number of esters is 1. The van der Waals surface area contributed by atoms with Gasteiger partial charge < -0.3 is 20.4 Å². The van der Waals surface area contributed by atoms with E-state index >= 15 is 0 Å². The molecule has 5 N–H and O–H groups in total. The van der Waals surface area contributed by atoms with Gasteiger partial charge in [0.25, 0.3) is 5.91 Å². The van der Waals surface area contributed by atoms with Gasteiger partial charge in [-0.15, -0.1) is 0 Å². The van der Waals surface area contributed by atoms with E-state index in [-0.39, 0.29) is 22.9 Å². The summed E-state index contributed by atoms with van der Waals surface area (Å²) in [7, 11) is -6.71. The van der Waals surface area contributed by atoms with Crippen LogP contribution >= 0.6 is 0 Å². The highest BCUT2D eigenvalue weighted by Gasteiger charge is 2.27. The molecule has 0 aliphatic rings. The number of carbonyl (C=O) groups excluding carboxylic acids is 2. The molecule has 1 amide bonds. The Morgan fingerprint density at radius 1 is 0.939 bits per heavy atom. The van der Waals surface area contributed by atoms with Crippen LogP contribution in [0.25, 0.3) is 22.0 Å². The Balaban J connectivity index is 1.19. The van der Waals surface area contributed by atoms with Gasteiger partial charge >= 0.3 is 5.97 Å². The summed E-state index contributed by atoms with van der Waals surface area (Å²) < 4.78 is 62.2. The number of hydrogen-bond donors (Lipinski definition) is 5. The molecule has 0 fully saturated rings. The van der Waals surface area contributed by atoms with Crippen molar-refractivity contribution in [1.82, 2.24) is 34.5 Å². The molecule has 0 spiro atoms. The van der Waals surface area contributed by atoms with Crippen LogP contribution in [0.5, 0.6) is 0 Å². The van der Waals surface area contributed by atoms with Gasteiger partial charge in [0.2, 0.25) is 20.0 Å². The van der Waals surface area contributed by atoms with Crippen LogP contribution in [-0.2, 0) is 36.1 Å². The van der Waals surface area contributed by atoms with Crippen LogP contribution in [0.3, 0.4) is 0 Å². The number of aromatic amines is 1. The Morgan fingerprint density at radius 3 is 2.22 bits per heavy atom. The number of aromatic nitrogens is 4. The van der Waals surface area contributed by atoms with Crippen molar-refractivity contribution < 1.29 is 31.2 Å². The lowest BCUT2D eigenvalue weighted by atomic mass is 10.1. The van der Waals surface area contributed by atoms with E-state index in [2.05, 4.69) is 35.1 Å². The maximum atomic E-state index is 13.2. The third-order valence-electron chi connectivity index (χ3n) is 7.49. The van der Waals surface area contributed by atoms with Crippen LogP contribution in [-0.4, -0.2) is 81.2 Å². The Hall–Kier alpha value is -5.10. The van der Waals surface area contributed by atoms with Crippen molar-refractivity contribution in [2.75, 3.05) is 32.1 Å². The number of benzene rings is 3. The number of ether oxygens (including phenoxy) is 1. The number of aryl methyl sites for hydroxylation is 1. The number of sulfonamides is 2. The summed E-state index contributed by atoms with van der Waals surface area (Å²) >= 11 is 0. The van der Waals surface area contributed by atoms with Gasteiger partial charge in [-0.1, -0.05) is 31.2 Å². The molecule has 17 heteroatoms. The van der Waals surface area contributed by atoms with Crippen LogP contribution in [0.1, 0.15) is 23.7 Å². The Bertz CT molecular complexity index is 2120. The van der Waals surface area contributed by atoms with Gasteiger partial charge in [0, 0.05) is 49.5 Å². The largest absolute Gasteiger partial charge is 0.468 e. The average molecular weight is 709 g/mol. The molecule has 0 aliphatic heterocycles. The van der Waals surface area contributed by atoms with E-state index in [1.165, 1.54) is 24.3 Å². The molecule has 15 nitrogen and oxygen atoms in total. The average Bonchev–Trinajstić information content (AvgIpc) is 3.78. The summed E-state index contributed by atoms with van der Waals surface area (Å²) in [5.74, 6) is -0.704. The number of carbonyl (C=O) groups is 2. The number of amides is 1. The molecular weight excluding hydrogens is 673 g/mol. The summed E-state index contributed by atoms with van der Waals surface area (Å²) in [5.41, 5.74) is 2.47. The smallest absolute Gasteiger partial charge is 0.325 e. The van der Waals surface area contributed by atoms with Gasteiger partial charge in [0.05, 0.1) is 28.6 Å². The number of rotatable bonds is 16. The van der Waals surface area contributed by atoms with Gasteiger partial charge in [-0.25, -0.2) is 26.5 Å². The number of imidazole rings is 1. The molecule has 258 valence electrons. The molecule has 0 bridgehead atoms. The van der Waals surface area contributed by atoms with E-state index in [1.54, 1.807) is 68.0 Å². The molecule has 49 heavy (non-hydrogen) atoms. The van der Waals surface area contributed by atoms with Crippen molar-refractivity contribution in [2.24, 2.45) is 0 Å². The van der Waals surface area contributed by atoms with Gasteiger partial charge in [-0.3, -0.25) is 14.3 Å². The van der Waals surface area contributed by atoms with E-state index in [9.17, 15) is 26.4 Å². The topological polar surface area (TPSA) is 206 Å². The van der Waals surface area contributed by atoms with E-state index in [0.29, 0.717) is 35.7 Å². The molecule has 2 aromatic heterocycles. The van der Waals surface area contributed by atoms with Crippen molar-refractivity contribution in [3.63, 3.8) is 0 Å². The second-order valence-corrected chi connectivity index (χ2v) is 14.3. The zero-order valence-electron chi connectivity index (χ0n) is 26.7. The van der Waals surface area contributed by atoms with Crippen molar-refractivity contribution >= 4 is 48.8 Å². The lowest BCUT2D eigenvalue weighted by Gasteiger charge is -2.17. The summed E-state index contributed by atoms with van der Waals surface area (Å²) in [5, 5.41) is 11.0. The predicted molar refractivity (Wildman–Crippen MR) is 183 cm³/mol. The number of hydrogen-bond acceptors (Lipinski definition) is 10. The maximum Gasteiger partial charge on any atom is 0.325 e. The van der Waals surface area contributed by atoms with Crippen molar-refractivity contribution in [2.45, 2.75) is 35.7 Å². The first-order valence-corrected chi connectivity index (χ1v) is 18.2. The number of nitrogens with zero attached hydrogens (tertiary/aromatic N) is 3. The lowest BCUT2D eigenvalue weighted by molar-refractivity contribution is -0.142. The third kappa shape index (κ3) is 8.69. The van der Waals surface area contributed by atoms with Gasteiger partial charge in [0.1, 0.15) is 6.04 Å². The Labute approximate surface area is 283 Å². The first-order valence-electron chi connectivity index (χ1n) is 15.3. The Kier molecular flexibility index (Phi) is 11.1. The fraction of sp³-hybridized carbons (Fsp3) is 0.250. The highest BCUT2D eigenvalue weighted by atomic mass is 32.2. The molecule has 0 saturated carbocycles. The van der Waals surface area contributed by atoms with E-state index in [1.807, 2.05) is 4.68 Å². The minimum absolute atomic E-state index is 0.112. The minimum Gasteiger partial charge on any atom is -0.468 e. The molecule has 0 radical (unpaired) electrons. The summed E-state index contributed by atoms with van der Waals surface area (Å²) in [6.45, 7) is 2.90. The molecule has 2 heterocycles. The summed E-state index contributed by atoms with van der Waals surface area (Å²) in [4.78, 5) is 32.7. The number of methoxy groups -OCH3 is 1. The van der Waals surface area contributed by atoms with Crippen LogP contribution in [0, 0.1) is 0 Å². The number of nitrogens with one attached hydrogen (secondary N) is 5. The van der Waals surface area contributed by atoms with E-state index in [0.717, 1.165) is 24.4 Å². The first kappa shape index (κ1) is 35.2. The fourth-order valence-corrected chi connectivity index (χ4v) is 7.22. The molecule has 0 aliphatic carbocycles. The molecule has 1 atom stereocenters. The van der Waals surface area contributed by atoms with Crippen molar-refractivity contribution in [3.05, 3.63) is 90.9 Å². The van der Waals surface area contributed by atoms with Gasteiger partial charge in [-0.2, -0.15) is 9.82 Å². The van der Waals surface area contributed by atoms with Crippen molar-refractivity contribution in [1.29, 1.82) is 0 Å². The molecule has 0 saturated heterocycles. The summed E-state index contributed by atoms with van der Waals surface area (Å²) in [6, 6.07) is 15.7. The number of anilines is 1. The van der Waals surface area contributed by atoms with E-state index < -0.39 is 38.0 Å². The van der Waals surface area contributed by atoms with Crippen LogP contribution in [0.4, 0.5) is 5.95 Å². The van der Waals surface area contributed by atoms with Gasteiger partial charge in [0.15, 0.2) is 5.95 Å². The first-order chi connectivity index (χ1) is 23.5. The van der Waals surface area contributed by atoms with Gasteiger partial charge in [-0.05, 0) is 60.0 Å². The fourth-order valence-electron chi connectivity index (χ4n) is 5.00. The third-order valence-corrected chi connectivity index (χ3v) is 10.5. The molecule has 1 unspecified atom stereocenters. The monoisotopic (exact) mass is 708 g/mol. The Morgan fingerprint density at radius 2 is 1.61 bits per heavy atom. The van der Waals surface area contributed by atoms with Crippen LogP contribution in [0.2, 0.25) is 0 Å². The van der Waals surface area contributed by atoms with Crippen molar-refractivity contribution in [3.8, 4) is 11.1 Å². The molecule has 5 aromatic rings. The molecule has 5 rings (SSSR count). The summed E-state index contributed by atoms with van der Waals surface area (Å²) in [6.07, 6.45) is 5.85. The predicted octanol–water partition coefficient (Wildman–Crippen LogP) is 2.48. The maximum absolute atomic E-state index is 13.2. The van der Waals surface area contributed by atoms with E-state index in [4.69, 9.17) is 4.74 Å². The number of H-pyrrole nitrogens is 1. The second-order valence-electron chi connectivity index (χ2n) is 10.8. The zero-order valence-corrected chi connectivity index (χ0v) is 28.3. The molecule has 3 aromatic carbocycles. The quantitative estimate of drug-likeness (QED) is 0.0748. The minimum atomic E-state index is -4.22. The highest BCUT2D eigenvalue weighted by Crippen LogP contribution is 2.23. The normalized spacial score (nSPS) is 12.4. The zero-order chi connectivity index (χ0) is 35.0. The van der Waals surface area contributed by atoms with Crippen LogP contribution in [0.15, 0.2) is 95.1 Å². The second kappa shape index (κ2) is 15.4. The van der Waals surface area contributed by atoms with Crippen LogP contribution < -0.4 is 20.1 Å². The standard InChI is InChI=1S/C32H36N8O7S2/c1-3-38-48(43,44)26-10-5-22(6-11-26)23-7-12-27(13-8-23)49(45,46)39-28(31(42)47-2)21-36-30(41)24-9-14-29-25(19-24)20-37-40(29)18-4-15-33-32-34-16-17-35-32/h5-14,16-17,19-20,28,38-39H,3-4,15,18,21H2,1-2H3,(H,36,41)(H2,33,34,35). The molecular formula is C32H36N8O7S2. The SMILES string of the molecule is CCNS(=O)(=O)c1ccc(-c2ccc(S(=O)(=O)NC(CNC(=O)c3ccc4c(cnn4CCCNc4ncc[nH]4)c3)C(=O)OC)cc2)cc1. The lowest BCUT2D eigenvalue weighted by Crippen LogP contribution is -2.48. The number of fused-ring (bicyclic) bond motifs is 1. The highest BCUT2D eigenvalue weighted by molar-refractivity contribution is 7.89.